The van der Waals surface area contributed by atoms with Crippen LogP contribution < -0.4 is 5.32 Å². The van der Waals surface area contributed by atoms with E-state index in [1.807, 2.05) is 53.2 Å². The molecule has 0 aliphatic rings. The van der Waals surface area contributed by atoms with Crippen molar-refractivity contribution in [3.05, 3.63) is 107 Å². The fraction of sp³-hybridized carbons (Fsp3) is 0.0800. The maximum atomic E-state index is 13.6. The standard InChI is InChI=1S/C25H19FN4O/c26-21-7-5-6-18(12-21)16-30-17-20(23-9-1-2-10-24(23)30)13-19(14-27)25(31)29-15-22-8-3-4-11-28-22/h1-13,17H,15-16H2,(H,29,31)/b19-13+. The van der Waals surface area contributed by atoms with Gasteiger partial charge in [-0.05, 0) is 42.0 Å². The number of hydrogen-bond donors (Lipinski definition) is 1. The molecule has 6 heteroatoms. The van der Waals surface area contributed by atoms with E-state index < -0.39 is 5.91 Å². The molecule has 2 aromatic heterocycles. The smallest absolute Gasteiger partial charge is 0.262 e. The third-order valence-corrected chi connectivity index (χ3v) is 4.88. The van der Waals surface area contributed by atoms with Crippen LogP contribution in [-0.4, -0.2) is 15.5 Å². The lowest BCUT2D eigenvalue weighted by molar-refractivity contribution is -0.117. The molecule has 0 fully saturated rings. The number of fused-ring (bicyclic) bond motifs is 1. The molecule has 0 radical (unpaired) electrons. The summed E-state index contributed by atoms with van der Waals surface area (Å²) in [6.07, 6.45) is 5.10. The van der Waals surface area contributed by atoms with E-state index in [0.29, 0.717) is 12.2 Å². The number of hydrogen-bond acceptors (Lipinski definition) is 3. The van der Waals surface area contributed by atoms with E-state index in [4.69, 9.17) is 0 Å². The molecule has 0 bridgehead atoms. The average molecular weight is 410 g/mol. The van der Waals surface area contributed by atoms with Crippen molar-refractivity contribution >= 4 is 22.9 Å². The topological polar surface area (TPSA) is 70.7 Å². The molecule has 5 nitrogen and oxygen atoms in total. The largest absolute Gasteiger partial charge is 0.346 e. The molecule has 4 aromatic rings. The molecule has 0 saturated carbocycles. The van der Waals surface area contributed by atoms with Gasteiger partial charge in [0.05, 0.1) is 12.2 Å². The van der Waals surface area contributed by atoms with Crippen LogP contribution in [-0.2, 0) is 17.9 Å². The molecule has 2 aromatic carbocycles. The fourth-order valence-electron chi connectivity index (χ4n) is 3.43. The molecule has 2 heterocycles. The summed E-state index contributed by atoms with van der Waals surface area (Å²) in [5.41, 5.74) is 3.22. The van der Waals surface area contributed by atoms with Crippen LogP contribution in [0.25, 0.3) is 17.0 Å². The van der Waals surface area contributed by atoms with Crippen molar-refractivity contribution in [3.63, 3.8) is 0 Å². The normalized spacial score (nSPS) is 11.3. The third-order valence-electron chi connectivity index (χ3n) is 4.88. The zero-order valence-electron chi connectivity index (χ0n) is 16.6. The lowest BCUT2D eigenvalue weighted by Crippen LogP contribution is -2.24. The van der Waals surface area contributed by atoms with Crippen molar-refractivity contribution in [2.75, 3.05) is 0 Å². The van der Waals surface area contributed by atoms with Gasteiger partial charge in [0.15, 0.2) is 0 Å². The first kappa shape index (κ1) is 20.0. The number of para-hydroxylation sites is 1. The van der Waals surface area contributed by atoms with Crippen LogP contribution in [0.5, 0.6) is 0 Å². The minimum atomic E-state index is -0.463. The predicted octanol–water partition coefficient (Wildman–Crippen LogP) is 4.45. The predicted molar refractivity (Wildman–Crippen MR) is 117 cm³/mol. The zero-order chi connectivity index (χ0) is 21.6. The maximum absolute atomic E-state index is 13.6. The number of pyridine rings is 1. The van der Waals surface area contributed by atoms with E-state index in [1.165, 1.54) is 12.1 Å². The van der Waals surface area contributed by atoms with Crippen LogP contribution in [0.4, 0.5) is 4.39 Å². The number of carbonyl (C=O) groups is 1. The summed E-state index contributed by atoms with van der Waals surface area (Å²) >= 11 is 0. The highest BCUT2D eigenvalue weighted by atomic mass is 19.1. The second kappa shape index (κ2) is 9.06. The molecule has 0 unspecified atom stereocenters. The Morgan fingerprint density at radius 3 is 2.74 bits per heavy atom. The summed E-state index contributed by atoms with van der Waals surface area (Å²) in [7, 11) is 0. The van der Waals surface area contributed by atoms with Gasteiger partial charge < -0.3 is 9.88 Å². The van der Waals surface area contributed by atoms with Crippen molar-refractivity contribution in [3.8, 4) is 6.07 Å². The summed E-state index contributed by atoms with van der Waals surface area (Å²) in [5.74, 6) is -0.750. The summed E-state index contributed by atoms with van der Waals surface area (Å²) in [5, 5.41) is 13.2. The van der Waals surface area contributed by atoms with Crippen molar-refractivity contribution in [2.24, 2.45) is 0 Å². The first-order valence-electron chi connectivity index (χ1n) is 9.76. The highest BCUT2D eigenvalue weighted by Gasteiger charge is 2.13. The number of nitriles is 1. The van der Waals surface area contributed by atoms with Crippen LogP contribution in [0, 0.1) is 17.1 Å². The van der Waals surface area contributed by atoms with Crippen molar-refractivity contribution < 1.29 is 9.18 Å². The second-order valence-corrected chi connectivity index (χ2v) is 7.03. The molecule has 0 saturated heterocycles. The first-order chi connectivity index (χ1) is 15.1. The number of nitrogens with zero attached hydrogens (tertiary/aromatic N) is 3. The van der Waals surface area contributed by atoms with E-state index >= 15 is 0 Å². The zero-order valence-corrected chi connectivity index (χ0v) is 16.6. The molecule has 4 rings (SSSR count). The third kappa shape index (κ3) is 4.68. The van der Waals surface area contributed by atoms with Crippen molar-refractivity contribution in [1.82, 2.24) is 14.9 Å². The van der Waals surface area contributed by atoms with E-state index in [1.54, 1.807) is 30.5 Å². The van der Waals surface area contributed by atoms with E-state index in [2.05, 4.69) is 10.3 Å². The molecule has 152 valence electrons. The number of benzene rings is 2. The van der Waals surface area contributed by atoms with Crippen LogP contribution in [0.1, 0.15) is 16.8 Å². The number of carbonyl (C=O) groups excluding carboxylic acids is 1. The van der Waals surface area contributed by atoms with Gasteiger partial charge in [-0.25, -0.2) is 4.39 Å². The molecular formula is C25H19FN4O. The monoisotopic (exact) mass is 410 g/mol. The van der Waals surface area contributed by atoms with Gasteiger partial charge in [0.1, 0.15) is 17.5 Å². The minimum Gasteiger partial charge on any atom is -0.346 e. The molecule has 0 aliphatic carbocycles. The van der Waals surface area contributed by atoms with Crippen LogP contribution >= 0.6 is 0 Å². The highest BCUT2D eigenvalue weighted by Crippen LogP contribution is 2.24. The Balaban J connectivity index is 1.62. The van der Waals surface area contributed by atoms with Gasteiger partial charge >= 0.3 is 0 Å². The van der Waals surface area contributed by atoms with Gasteiger partial charge in [0.2, 0.25) is 0 Å². The molecular weight excluding hydrogens is 391 g/mol. The van der Waals surface area contributed by atoms with Crippen LogP contribution in [0.15, 0.2) is 84.7 Å². The van der Waals surface area contributed by atoms with Crippen LogP contribution in [0.3, 0.4) is 0 Å². The van der Waals surface area contributed by atoms with Gasteiger partial charge in [-0.1, -0.05) is 36.4 Å². The molecule has 0 spiro atoms. The summed E-state index contributed by atoms with van der Waals surface area (Å²) in [6.45, 7) is 0.708. The lowest BCUT2D eigenvalue weighted by atomic mass is 10.1. The Hall–Kier alpha value is -4.24. The maximum Gasteiger partial charge on any atom is 0.262 e. The minimum absolute atomic E-state index is 0.00425. The summed E-state index contributed by atoms with van der Waals surface area (Å²) < 4.78 is 15.6. The fourth-order valence-corrected chi connectivity index (χ4v) is 3.43. The van der Waals surface area contributed by atoms with Gasteiger partial charge in [-0.3, -0.25) is 9.78 Å². The molecule has 31 heavy (non-hydrogen) atoms. The SMILES string of the molecule is N#C/C(=C\c1cn(Cc2cccc(F)c2)c2ccccc12)C(=O)NCc1ccccn1. The van der Waals surface area contributed by atoms with E-state index in [0.717, 1.165) is 22.0 Å². The average Bonchev–Trinajstić information content (AvgIpc) is 3.13. The Morgan fingerprint density at radius 1 is 1.13 bits per heavy atom. The Morgan fingerprint density at radius 2 is 1.97 bits per heavy atom. The molecule has 0 atom stereocenters. The Labute approximate surface area is 179 Å². The van der Waals surface area contributed by atoms with Gasteiger partial charge in [0.25, 0.3) is 5.91 Å². The number of rotatable bonds is 6. The van der Waals surface area contributed by atoms with Crippen molar-refractivity contribution in [1.29, 1.82) is 5.26 Å². The highest BCUT2D eigenvalue weighted by molar-refractivity contribution is 6.04. The number of amides is 1. The number of nitrogens with one attached hydrogen (secondary N) is 1. The van der Waals surface area contributed by atoms with E-state index in [9.17, 15) is 14.4 Å². The molecule has 1 N–H and O–H groups in total. The summed E-state index contributed by atoms with van der Waals surface area (Å²) in [6, 6.07) is 21.6. The Bertz CT molecular complexity index is 1300. The van der Waals surface area contributed by atoms with E-state index in [-0.39, 0.29) is 17.9 Å². The lowest BCUT2D eigenvalue weighted by Gasteiger charge is -2.05. The van der Waals surface area contributed by atoms with Gasteiger partial charge in [0, 0.05) is 35.4 Å². The number of aromatic nitrogens is 2. The number of halogens is 1. The second-order valence-electron chi connectivity index (χ2n) is 7.03. The Kier molecular flexibility index (Phi) is 5.86. The molecule has 0 aliphatic heterocycles. The quantitative estimate of drug-likeness (QED) is 0.377. The van der Waals surface area contributed by atoms with Gasteiger partial charge in [-0.2, -0.15) is 5.26 Å². The van der Waals surface area contributed by atoms with Crippen molar-refractivity contribution in [2.45, 2.75) is 13.1 Å². The first-order valence-corrected chi connectivity index (χ1v) is 9.76. The molecule has 1 amide bonds. The summed E-state index contributed by atoms with van der Waals surface area (Å²) in [4.78, 5) is 16.7. The van der Waals surface area contributed by atoms with Gasteiger partial charge in [-0.15, -0.1) is 0 Å². The van der Waals surface area contributed by atoms with Crippen LogP contribution in [0.2, 0.25) is 0 Å².